The Morgan fingerprint density at radius 1 is 0.917 bits per heavy atom. The molecule has 2 heterocycles. The SMILES string of the molecule is C=CN=Cc1c(C)[nH]c2cc(-c3ccc(OCCOCCOCCOCCOCC=O)nc3)ccc12. The quantitative estimate of drug-likeness (QED) is 0.163. The Kier molecular flexibility index (Phi) is 11.8. The first-order valence-electron chi connectivity index (χ1n) is 11.8. The summed E-state index contributed by atoms with van der Waals surface area (Å²) in [6, 6.07) is 10.1. The van der Waals surface area contributed by atoms with Crippen LogP contribution in [0.25, 0.3) is 22.0 Å². The molecule has 192 valence electrons. The molecule has 1 aromatic carbocycles. The smallest absolute Gasteiger partial charge is 0.213 e. The van der Waals surface area contributed by atoms with Crippen molar-refractivity contribution < 1.29 is 28.5 Å². The molecule has 0 atom stereocenters. The van der Waals surface area contributed by atoms with Crippen molar-refractivity contribution in [3.8, 4) is 17.0 Å². The Hall–Kier alpha value is -3.37. The highest BCUT2D eigenvalue weighted by molar-refractivity contribution is 6.02. The van der Waals surface area contributed by atoms with Crippen LogP contribution in [0.2, 0.25) is 0 Å². The standard InChI is InChI=1S/C27H33N3O6/c1-3-28-20-25-21(2)30-26-18-22(4-6-24(25)26)23-5-7-27(29-19-23)36-17-16-35-15-14-34-13-12-33-11-10-32-9-8-31/h3-8,18-20,30H,1,9-17H2,2H3. The second kappa shape index (κ2) is 15.6. The summed E-state index contributed by atoms with van der Waals surface area (Å²) in [5.41, 5.74) is 5.24. The third-order valence-corrected chi connectivity index (χ3v) is 5.19. The number of nitrogens with zero attached hydrogens (tertiary/aromatic N) is 2. The molecular formula is C27H33N3O6. The molecule has 1 N–H and O–H groups in total. The molecule has 9 heteroatoms. The number of pyridine rings is 1. The van der Waals surface area contributed by atoms with Crippen molar-refractivity contribution in [2.45, 2.75) is 6.92 Å². The number of carbonyl (C=O) groups is 1. The van der Waals surface area contributed by atoms with Crippen molar-refractivity contribution in [2.75, 3.05) is 59.5 Å². The molecule has 0 unspecified atom stereocenters. The lowest BCUT2D eigenvalue weighted by atomic mass is 10.0. The summed E-state index contributed by atoms with van der Waals surface area (Å²) in [7, 11) is 0. The molecular weight excluding hydrogens is 462 g/mol. The van der Waals surface area contributed by atoms with Gasteiger partial charge in [-0.1, -0.05) is 18.7 Å². The molecule has 3 rings (SSSR count). The van der Waals surface area contributed by atoms with Crippen LogP contribution in [0.15, 0.2) is 54.3 Å². The average molecular weight is 496 g/mol. The number of nitrogens with one attached hydrogen (secondary N) is 1. The van der Waals surface area contributed by atoms with Crippen molar-refractivity contribution in [2.24, 2.45) is 4.99 Å². The van der Waals surface area contributed by atoms with Gasteiger partial charge in [0.1, 0.15) is 19.5 Å². The maximum absolute atomic E-state index is 10.1. The summed E-state index contributed by atoms with van der Waals surface area (Å²) in [4.78, 5) is 22.1. The molecule has 36 heavy (non-hydrogen) atoms. The minimum atomic E-state index is 0.0989. The molecule has 0 spiro atoms. The van der Waals surface area contributed by atoms with E-state index in [4.69, 9.17) is 23.7 Å². The molecule has 9 nitrogen and oxygen atoms in total. The van der Waals surface area contributed by atoms with Crippen LogP contribution in [0, 0.1) is 6.92 Å². The predicted molar refractivity (Wildman–Crippen MR) is 139 cm³/mol. The van der Waals surface area contributed by atoms with Gasteiger partial charge in [0.05, 0.1) is 46.2 Å². The minimum Gasteiger partial charge on any atom is -0.475 e. The van der Waals surface area contributed by atoms with Gasteiger partial charge in [-0.05, 0) is 24.6 Å². The summed E-state index contributed by atoms with van der Waals surface area (Å²) in [6.07, 6.45) is 5.86. The highest BCUT2D eigenvalue weighted by Crippen LogP contribution is 2.27. The van der Waals surface area contributed by atoms with E-state index in [-0.39, 0.29) is 6.61 Å². The van der Waals surface area contributed by atoms with Crippen LogP contribution in [0.4, 0.5) is 0 Å². The maximum atomic E-state index is 10.1. The zero-order valence-corrected chi connectivity index (χ0v) is 20.6. The van der Waals surface area contributed by atoms with E-state index in [2.05, 4.69) is 39.7 Å². The van der Waals surface area contributed by atoms with E-state index in [1.165, 1.54) is 6.20 Å². The van der Waals surface area contributed by atoms with Gasteiger partial charge in [-0.15, -0.1) is 0 Å². The molecule has 0 bridgehead atoms. The zero-order chi connectivity index (χ0) is 25.4. The number of hydrogen-bond acceptors (Lipinski definition) is 8. The molecule has 0 saturated carbocycles. The van der Waals surface area contributed by atoms with Gasteiger partial charge in [0.25, 0.3) is 0 Å². The van der Waals surface area contributed by atoms with Crippen LogP contribution >= 0.6 is 0 Å². The fraction of sp³-hybridized carbons (Fsp3) is 0.370. The van der Waals surface area contributed by atoms with Gasteiger partial charge in [-0.25, -0.2) is 4.98 Å². The lowest BCUT2D eigenvalue weighted by Crippen LogP contribution is -2.14. The zero-order valence-electron chi connectivity index (χ0n) is 20.6. The fourth-order valence-corrected chi connectivity index (χ4v) is 3.46. The van der Waals surface area contributed by atoms with Gasteiger partial charge in [0, 0.05) is 52.4 Å². The molecule has 0 amide bonds. The lowest BCUT2D eigenvalue weighted by molar-refractivity contribution is -0.112. The van der Waals surface area contributed by atoms with E-state index >= 15 is 0 Å². The van der Waals surface area contributed by atoms with Crippen LogP contribution in [0.1, 0.15) is 11.3 Å². The number of fused-ring (bicyclic) bond motifs is 1. The Balaban J connectivity index is 1.32. The summed E-state index contributed by atoms with van der Waals surface area (Å²) in [5.74, 6) is 0.549. The van der Waals surface area contributed by atoms with Gasteiger partial charge < -0.3 is 33.5 Å². The number of H-pyrrole nitrogens is 1. The van der Waals surface area contributed by atoms with Crippen molar-refractivity contribution in [3.63, 3.8) is 0 Å². The van der Waals surface area contributed by atoms with E-state index in [1.807, 2.05) is 25.3 Å². The number of aromatic nitrogens is 2. The number of ether oxygens (including phenoxy) is 5. The van der Waals surface area contributed by atoms with Crippen LogP contribution < -0.4 is 4.74 Å². The second-order valence-electron chi connectivity index (χ2n) is 7.70. The molecule has 0 aliphatic rings. The van der Waals surface area contributed by atoms with Gasteiger partial charge in [-0.2, -0.15) is 0 Å². The van der Waals surface area contributed by atoms with Crippen LogP contribution in [-0.2, 0) is 23.7 Å². The lowest BCUT2D eigenvalue weighted by Gasteiger charge is -2.08. The summed E-state index contributed by atoms with van der Waals surface area (Å²) in [6.45, 7) is 9.34. The third-order valence-electron chi connectivity index (χ3n) is 5.19. The number of aldehydes is 1. The summed E-state index contributed by atoms with van der Waals surface area (Å²) >= 11 is 0. The second-order valence-corrected chi connectivity index (χ2v) is 7.70. The Bertz CT molecular complexity index is 1110. The van der Waals surface area contributed by atoms with Crippen molar-refractivity contribution in [1.29, 1.82) is 0 Å². The molecule has 0 fully saturated rings. The Morgan fingerprint density at radius 2 is 1.58 bits per heavy atom. The summed E-state index contributed by atoms with van der Waals surface area (Å²) < 4.78 is 26.9. The highest BCUT2D eigenvalue weighted by Gasteiger charge is 2.08. The van der Waals surface area contributed by atoms with Gasteiger partial charge >= 0.3 is 0 Å². The first-order chi connectivity index (χ1) is 17.7. The molecule has 2 aromatic heterocycles. The number of benzene rings is 1. The van der Waals surface area contributed by atoms with Gasteiger partial charge in [-0.3, -0.25) is 4.99 Å². The Morgan fingerprint density at radius 3 is 2.22 bits per heavy atom. The van der Waals surface area contributed by atoms with E-state index < -0.39 is 0 Å². The minimum absolute atomic E-state index is 0.0989. The van der Waals surface area contributed by atoms with E-state index in [0.29, 0.717) is 65.0 Å². The highest BCUT2D eigenvalue weighted by atomic mass is 16.6. The van der Waals surface area contributed by atoms with E-state index in [0.717, 1.165) is 33.3 Å². The van der Waals surface area contributed by atoms with Crippen LogP contribution in [0.5, 0.6) is 5.88 Å². The number of rotatable bonds is 18. The number of carbonyl (C=O) groups excluding carboxylic acids is 1. The monoisotopic (exact) mass is 495 g/mol. The topological polar surface area (TPSA) is 104 Å². The van der Waals surface area contributed by atoms with Gasteiger partial charge in [0.2, 0.25) is 5.88 Å². The van der Waals surface area contributed by atoms with Crippen LogP contribution in [-0.4, -0.2) is 81.9 Å². The first-order valence-corrected chi connectivity index (χ1v) is 11.8. The predicted octanol–water partition coefficient (Wildman–Crippen LogP) is 3.74. The summed E-state index contributed by atoms with van der Waals surface area (Å²) in [5, 5.41) is 1.12. The first kappa shape index (κ1) is 27.2. The maximum Gasteiger partial charge on any atom is 0.213 e. The van der Waals surface area contributed by atoms with Gasteiger partial charge in [0.15, 0.2) is 0 Å². The largest absolute Gasteiger partial charge is 0.475 e. The third kappa shape index (κ3) is 8.69. The number of aryl methyl sites for hydroxylation is 1. The average Bonchev–Trinajstić information content (AvgIpc) is 3.21. The van der Waals surface area contributed by atoms with Crippen LogP contribution in [0.3, 0.4) is 0 Å². The van der Waals surface area contributed by atoms with E-state index in [9.17, 15) is 4.79 Å². The molecule has 0 aliphatic heterocycles. The van der Waals surface area contributed by atoms with Crippen molar-refractivity contribution in [3.05, 3.63) is 60.6 Å². The van der Waals surface area contributed by atoms with Crippen molar-refractivity contribution >= 4 is 23.4 Å². The molecule has 0 saturated heterocycles. The number of aromatic amines is 1. The normalized spacial score (nSPS) is 11.4. The van der Waals surface area contributed by atoms with E-state index in [1.54, 1.807) is 6.20 Å². The number of hydrogen-bond donors (Lipinski definition) is 1. The fourth-order valence-electron chi connectivity index (χ4n) is 3.46. The molecule has 3 aromatic rings. The molecule has 0 radical (unpaired) electrons. The number of aliphatic imine (C=N–C) groups is 1. The Labute approximate surface area is 211 Å². The molecule has 0 aliphatic carbocycles. The van der Waals surface area contributed by atoms with Crippen molar-refractivity contribution in [1.82, 2.24) is 9.97 Å².